The Morgan fingerprint density at radius 2 is 0.923 bits per heavy atom. The van der Waals surface area contributed by atoms with Crippen LogP contribution in [0.15, 0.2) is 0 Å². The van der Waals surface area contributed by atoms with Gasteiger partial charge >= 0.3 is 29.8 Å². The van der Waals surface area contributed by atoms with E-state index in [9.17, 15) is 24.0 Å². The molecule has 0 aliphatic rings. The lowest BCUT2D eigenvalue weighted by Crippen LogP contribution is -2.37. The first-order valence-corrected chi connectivity index (χ1v) is 7.94. The number of ether oxygens (including phenoxy) is 5. The third-order valence-corrected chi connectivity index (χ3v) is 2.84. The second kappa shape index (κ2) is 11.1. The maximum Gasteiger partial charge on any atom is 0.347 e. The van der Waals surface area contributed by atoms with Crippen LogP contribution in [-0.2, 0) is 47.7 Å². The number of carbonyl (C=O) groups is 5. The van der Waals surface area contributed by atoms with E-state index in [1.807, 2.05) is 0 Å². The maximum atomic E-state index is 11.9. The van der Waals surface area contributed by atoms with E-state index < -0.39 is 54.3 Å². The van der Waals surface area contributed by atoms with E-state index in [0.29, 0.717) is 0 Å². The van der Waals surface area contributed by atoms with Gasteiger partial charge in [-0.2, -0.15) is 0 Å². The summed E-state index contributed by atoms with van der Waals surface area (Å²) >= 11 is 0. The summed E-state index contributed by atoms with van der Waals surface area (Å²) in [6, 6.07) is 0. The molecule has 10 heteroatoms. The first-order valence-electron chi connectivity index (χ1n) is 7.94. The van der Waals surface area contributed by atoms with Gasteiger partial charge in [-0.1, -0.05) is 0 Å². The van der Waals surface area contributed by atoms with Crippen LogP contribution in [0.5, 0.6) is 0 Å². The topological polar surface area (TPSA) is 132 Å². The van der Waals surface area contributed by atoms with Crippen LogP contribution in [0, 0.1) is 0 Å². The monoisotopic (exact) mass is 376 g/mol. The van der Waals surface area contributed by atoms with E-state index in [1.165, 1.54) is 27.7 Å². The molecule has 0 bridgehead atoms. The van der Waals surface area contributed by atoms with Crippen LogP contribution in [0.3, 0.4) is 0 Å². The van der Waals surface area contributed by atoms with Crippen molar-refractivity contribution in [3.63, 3.8) is 0 Å². The predicted molar refractivity (Wildman–Crippen MR) is 84.5 cm³/mol. The zero-order valence-corrected chi connectivity index (χ0v) is 15.6. The highest BCUT2D eigenvalue weighted by Crippen LogP contribution is 2.06. The summed E-state index contributed by atoms with van der Waals surface area (Å²) in [5.41, 5.74) is 0. The van der Waals surface area contributed by atoms with Crippen LogP contribution in [-0.4, -0.2) is 60.9 Å². The summed E-state index contributed by atoms with van der Waals surface area (Å²) in [6.45, 7) is 7.88. The molecule has 148 valence electrons. The van der Waals surface area contributed by atoms with Crippen molar-refractivity contribution in [1.29, 1.82) is 0 Å². The molecule has 0 aliphatic heterocycles. The van der Waals surface area contributed by atoms with Crippen LogP contribution in [0.4, 0.5) is 0 Å². The van der Waals surface area contributed by atoms with E-state index in [1.54, 1.807) is 6.92 Å². The molecule has 0 unspecified atom stereocenters. The van der Waals surface area contributed by atoms with Crippen LogP contribution in [0.2, 0.25) is 0 Å². The fourth-order valence-corrected chi connectivity index (χ4v) is 1.51. The summed E-state index contributed by atoms with van der Waals surface area (Å²) in [6.07, 6.45) is -5.05. The van der Waals surface area contributed by atoms with Crippen molar-refractivity contribution < 1.29 is 47.7 Å². The number of hydrogen-bond donors (Lipinski definition) is 0. The maximum absolute atomic E-state index is 11.9. The van der Waals surface area contributed by atoms with Crippen LogP contribution < -0.4 is 0 Å². The van der Waals surface area contributed by atoms with Crippen molar-refractivity contribution in [2.75, 3.05) is 6.61 Å². The Morgan fingerprint density at radius 1 is 0.615 bits per heavy atom. The Balaban J connectivity index is 4.51. The highest BCUT2D eigenvalue weighted by molar-refractivity contribution is 5.85. The van der Waals surface area contributed by atoms with Crippen molar-refractivity contribution in [2.45, 2.75) is 66.0 Å². The van der Waals surface area contributed by atoms with Gasteiger partial charge in [0.2, 0.25) is 0 Å². The number of esters is 5. The van der Waals surface area contributed by atoms with Crippen molar-refractivity contribution >= 4 is 29.8 Å². The molecule has 0 saturated heterocycles. The molecule has 0 heterocycles. The van der Waals surface area contributed by atoms with Gasteiger partial charge in [-0.3, -0.25) is 4.79 Å². The van der Waals surface area contributed by atoms with Gasteiger partial charge < -0.3 is 23.7 Å². The average molecular weight is 376 g/mol. The number of carbonyl (C=O) groups excluding carboxylic acids is 5. The lowest BCUT2D eigenvalue weighted by atomic mass is 10.3. The zero-order chi connectivity index (χ0) is 20.4. The van der Waals surface area contributed by atoms with Crippen molar-refractivity contribution in [3.05, 3.63) is 0 Å². The minimum absolute atomic E-state index is 0.125. The third-order valence-electron chi connectivity index (χ3n) is 2.84. The van der Waals surface area contributed by atoms with Crippen molar-refractivity contribution in [2.24, 2.45) is 0 Å². The molecule has 0 saturated carbocycles. The Kier molecular flexibility index (Phi) is 9.93. The molecule has 0 aromatic heterocycles. The molecule has 0 N–H and O–H groups in total. The Morgan fingerprint density at radius 3 is 1.23 bits per heavy atom. The predicted octanol–water partition coefficient (Wildman–Crippen LogP) is 0.296. The summed E-state index contributed by atoms with van der Waals surface area (Å²) in [7, 11) is 0. The fourth-order valence-electron chi connectivity index (χ4n) is 1.51. The van der Waals surface area contributed by atoms with Gasteiger partial charge in [-0.15, -0.1) is 0 Å². The summed E-state index contributed by atoms with van der Waals surface area (Å²) in [4.78, 5) is 57.5. The summed E-state index contributed by atoms with van der Waals surface area (Å²) < 4.78 is 23.7. The Labute approximate surface area is 151 Å². The molecule has 0 amide bonds. The van der Waals surface area contributed by atoms with Gasteiger partial charge in [0.25, 0.3) is 0 Å². The number of rotatable bonds is 9. The zero-order valence-electron chi connectivity index (χ0n) is 15.6. The molecule has 10 nitrogen and oxygen atoms in total. The molecule has 0 spiro atoms. The van der Waals surface area contributed by atoms with Gasteiger partial charge in [0, 0.05) is 6.92 Å². The fraction of sp³-hybridized carbons (Fsp3) is 0.688. The van der Waals surface area contributed by atoms with E-state index in [4.69, 9.17) is 14.2 Å². The lowest BCUT2D eigenvalue weighted by molar-refractivity contribution is -0.184. The molecular weight excluding hydrogens is 352 g/mol. The van der Waals surface area contributed by atoms with Crippen molar-refractivity contribution in [3.8, 4) is 0 Å². The minimum atomic E-state index is -1.35. The largest absolute Gasteiger partial charge is 0.463 e. The Bertz CT molecular complexity index is 541. The lowest BCUT2D eigenvalue weighted by Gasteiger charge is -2.19. The van der Waals surface area contributed by atoms with Crippen LogP contribution >= 0.6 is 0 Å². The van der Waals surface area contributed by atoms with Crippen LogP contribution in [0.1, 0.15) is 41.5 Å². The second-order valence-corrected chi connectivity index (χ2v) is 5.24. The molecule has 0 aromatic carbocycles. The SMILES string of the molecule is CCOC(=O)[C@@H](C)OC(=O)[C@@H](C)OC(=O)[C@@H](C)OC(=O)[C@@H](C)OC(C)=O. The quantitative estimate of drug-likeness (QED) is 0.409. The van der Waals surface area contributed by atoms with E-state index >= 15 is 0 Å². The number of hydrogen-bond acceptors (Lipinski definition) is 10. The second-order valence-electron chi connectivity index (χ2n) is 5.24. The summed E-state index contributed by atoms with van der Waals surface area (Å²) in [5.74, 6) is -4.35. The highest BCUT2D eigenvalue weighted by Gasteiger charge is 2.29. The van der Waals surface area contributed by atoms with E-state index in [-0.39, 0.29) is 6.61 Å². The normalized spacial score (nSPS) is 14.8. The molecule has 0 rings (SSSR count). The molecule has 0 aromatic rings. The molecule has 0 aliphatic carbocycles. The van der Waals surface area contributed by atoms with Gasteiger partial charge in [-0.05, 0) is 34.6 Å². The standard InChI is InChI=1S/C16H24O10/c1-7-22-13(18)8(2)24-15(20)10(4)26-16(21)11(5)25-14(19)9(3)23-12(6)17/h8-11H,7H2,1-6H3/t8-,9-,10-,11-/m1/s1. The molecule has 0 radical (unpaired) electrons. The first-order chi connectivity index (χ1) is 12.0. The van der Waals surface area contributed by atoms with E-state index in [0.717, 1.165) is 6.92 Å². The smallest absolute Gasteiger partial charge is 0.347 e. The molecule has 4 atom stereocenters. The van der Waals surface area contributed by atoms with Crippen molar-refractivity contribution in [1.82, 2.24) is 0 Å². The average Bonchev–Trinajstić information content (AvgIpc) is 2.53. The minimum Gasteiger partial charge on any atom is -0.463 e. The van der Waals surface area contributed by atoms with Gasteiger partial charge in [-0.25, -0.2) is 19.2 Å². The van der Waals surface area contributed by atoms with E-state index in [2.05, 4.69) is 9.47 Å². The molecule has 26 heavy (non-hydrogen) atoms. The molecule has 0 fully saturated rings. The first kappa shape index (κ1) is 23.4. The summed E-state index contributed by atoms with van der Waals surface area (Å²) in [5, 5.41) is 0. The highest BCUT2D eigenvalue weighted by atomic mass is 16.6. The third kappa shape index (κ3) is 8.45. The molecular formula is C16H24O10. The van der Waals surface area contributed by atoms with Gasteiger partial charge in [0.1, 0.15) is 0 Å². The Hall–Kier alpha value is -2.65. The van der Waals surface area contributed by atoms with Gasteiger partial charge in [0.05, 0.1) is 6.61 Å². The van der Waals surface area contributed by atoms with Crippen LogP contribution in [0.25, 0.3) is 0 Å². The van der Waals surface area contributed by atoms with Gasteiger partial charge in [0.15, 0.2) is 24.4 Å².